The van der Waals surface area contributed by atoms with E-state index in [1.807, 2.05) is 6.92 Å². The van der Waals surface area contributed by atoms with E-state index in [1.54, 1.807) is 0 Å². The van der Waals surface area contributed by atoms with Gasteiger partial charge in [-0.25, -0.2) is 10.1 Å². The number of hydrogen-bond acceptors (Lipinski definition) is 5. The Morgan fingerprint density at radius 2 is 1.73 bits per heavy atom. The van der Waals surface area contributed by atoms with Gasteiger partial charge >= 0.3 is 0 Å². The van der Waals surface area contributed by atoms with E-state index in [4.69, 9.17) is 20.4 Å². The molecule has 90 valence electrons. The van der Waals surface area contributed by atoms with Crippen molar-refractivity contribution < 1.29 is 20.4 Å². The highest BCUT2D eigenvalue weighted by Crippen LogP contribution is 1.93. The largest absolute Gasteiger partial charge is 0.394 e. The zero-order chi connectivity index (χ0) is 12.3. The summed E-state index contributed by atoms with van der Waals surface area (Å²) in [5.41, 5.74) is 0. The lowest BCUT2D eigenvalue weighted by Gasteiger charge is -2.11. The predicted molar refractivity (Wildman–Crippen MR) is 49.3 cm³/mol. The molecule has 0 aromatic heterocycles. The van der Waals surface area contributed by atoms with Crippen LogP contribution in [0, 0.1) is 20.2 Å². The normalized spacial score (nSPS) is 8.67. The molecule has 0 fully saturated rings. The first kappa shape index (κ1) is 15.8. The molecule has 0 amide bonds. The maximum Gasteiger partial charge on any atom is 0.291 e. The maximum absolute atomic E-state index is 10.2. The van der Waals surface area contributed by atoms with Crippen molar-refractivity contribution in [2.75, 3.05) is 19.7 Å². The summed E-state index contributed by atoms with van der Waals surface area (Å²) in [6, 6.07) is 0. The van der Waals surface area contributed by atoms with Gasteiger partial charge in [0.05, 0.1) is 13.2 Å². The van der Waals surface area contributed by atoms with Crippen molar-refractivity contribution >= 4 is 0 Å². The molecule has 2 N–H and O–H groups in total. The van der Waals surface area contributed by atoms with E-state index in [1.165, 1.54) is 0 Å². The highest BCUT2D eigenvalue weighted by Gasteiger charge is 2.10. The zero-order valence-electron chi connectivity index (χ0n) is 8.40. The van der Waals surface area contributed by atoms with Crippen molar-refractivity contribution in [3.8, 4) is 0 Å². The van der Waals surface area contributed by atoms with Gasteiger partial charge in [0, 0.05) is 0 Å². The van der Waals surface area contributed by atoms with E-state index >= 15 is 0 Å². The number of hydrazine groups is 1. The van der Waals surface area contributed by atoms with Crippen LogP contribution < -0.4 is 0 Å². The van der Waals surface area contributed by atoms with Crippen LogP contribution in [-0.4, -0.2) is 45.1 Å². The number of rotatable bonds is 6. The van der Waals surface area contributed by atoms with E-state index in [-0.39, 0.29) is 13.2 Å². The van der Waals surface area contributed by atoms with Crippen molar-refractivity contribution in [3.05, 3.63) is 20.2 Å². The molecule has 0 rings (SSSR count). The Morgan fingerprint density at radius 1 is 1.27 bits per heavy atom. The Bertz CT molecular complexity index is 184. The fraction of sp³-hybridized carbons (Fsp3) is 1.00. The molecule has 0 aromatic rings. The van der Waals surface area contributed by atoms with Gasteiger partial charge < -0.3 is 10.3 Å². The molecule has 0 aliphatic rings. The van der Waals surface area contributed by atoms with Crippen molar-refractivity contribution in [1.82, 2.24) is 5.01 Å². The van der Waals surface area contributed by atoms with Crippen LogP contribution in [0.2, 0.25) is 0 Å². The molecule has 0 saturated carbocycles. The van der Waals surface area contributed by atoms with Crippen molar-refractivity contribution in [3.63, 3.8) is 0 Å². The second-order valence-electron chi connectivity index (χ2n) is 2.51. The maximum atomic E-state index is 10.2. The minimum Gasteiger partial charge on any atom is -0.394 e. The summed E-state index contributed by atoms with van der Waals surface area (Å²) in [7, 11) is 0. The third-order valence-electron chi connectivity index (χ3n) is 1.36. The van der Waals surface area contributed by atoms with Gasteiger partial charge in [0.1, 0.15) is 6.54 Å². The molecule has 9 heteroatoms. The predicted octanol–water partition coefficient (Wildman–Crippen LogP) is -0.0752. The fourth-order valence-electron chi connectivity index (χ4n) is 0.731. The highest BCUT2D eigenvalue weighted by atomic mass is 16.9. The van der Waals surface area contributed by atoms with E-state index < -0.39 is 10.1 Å². The first-order chi connectivity index (χ1) is 6.95. The Labute approximate surface area is 86.1 Å². The van der Waals surface area contributed by atoms with Gasteiger partial charge in [-0.3, -0.25) is 0 Å². The molecule has 0 spiro atoms. The van der Waals surface area contributed by atoms with Crippen LogP contribution >= 0.6 is 0 Å². The van der Waals surface area contributed by atoms with Gasteiger partial charge in [0.25, 0.3) is 5.09 Å². The van der Waals surface area contributed by atoms with Crippen LogP contribution in [0.5, 0.6) is 0 Å². The topological polar surface area (TPSA) is 130 Å². The molecule has 0 atom stereocenters. The summed E-state index contributed by atoms with van der Waals surface area (Å²) in [4.78, 5) is 18.6. The molecular formula is C6H15N3O6. The summed E-state index contributed by atoms with van der Waals surface area (Å²) < 4.78 is 0. The van der Waals surface area contributed by atoms with Crippen LogP contribution in [0.1, 0.15) is 19.8 Å². The number of unbranched alkanes of at least 4 members (excludes halogenated alkanes) is 1. The van der Waals surface area contributed by atoms with Gasteiger partial charge in [0.2, 0.25) is 0 Å². The quantitative estimate of drug-likeness (QED) is 0.477. The minimum atomic E-state index is -1.50. The van der Waals surface area contributed by atoms with Crippen LogP contribution in [0.15, 0.2) is 0 Å². The molecule has 0 bridgehead atoms. The average molecular weight is 225 g/mol. The number of nitrogens with zero attached hydrogens (tertiary/aromatic N) is 3. The van der Waals surface area contributed by atoms with Gasteiger partial charge in [-0.1, -0.05) is 13.3 Å². The summed E-state index contributed by atoms with van der Waals surface area (Å²) >= 11 is 0. The molecule has 0 saturated heterocycles. The Balaban J connectivity index is 0. The second-order valence-corrected chi connectivity index (χ2v) is 2.51. The average Bonchev–Trinajstić information content (AvgIpc) is 2.10. The number of aliphatic hydroxyl groups excluding tert-OH is 1. The summed E-state index contributed by atoms with van der Waals surface area (Å²) in [6.45, 7) is 2.35. The third-order valence-corrected chi connectivity index (χ3v) is 1.36. The third kappa shape index (κ3) is 15.1. The molecule has 15 heavy (non-hydrogen) atoms. The van der Waals surface area contributed by atoms with Crippen LogP contribution in [0.4, 0.5) is 0 Å². The van der Waals surface area contributed by atoms with E-state index in [0.717, 1.165) is 17.9 Å². The lowest BCUT2D eigenvalue weighted by atomic mass is 10.3. The molecule has 0 aliphatic carbocycles. The Hall–Kier alpha value is -1.64. The lowest BCUT2D eigenvalue weighted by molar-refractivity contribution is -0.742. The first-order valence-corrected chi connectivity index (χ1v) is 4.29. The highest BCUT2D eigenvalue weighted by molar-refractivity contribution is 4.43. The van der Waals surface area contributed by atoms with Crippen molar-refractivity contribution in [2.45, 2.75) is 19.8 Å². The van der Waals surface area contributed by atoms with Gasteiger partial charge in [-0.15, -0.1) is 15.1 Å². The van der Waals surface area contributed by atoms with E-state index in [9.17, 15) is 10.1 Å². The van der Waals surface area contributed by atoms with Crippen LogP contribution in [0.25, 0.3) is 0 Å². The molecule has 9 nitrogen and oxygen atoms in total. The Kier molecular flexibility index (Phi) is 11.0. The zero-order valence-corrected chi connectivity index (χ0v) is 8.40. The molecular weight excluding hydrogens is 210 g/mol. The van der Waals surface area contributed by atoms with E-state index in [2.05, 4.69) is 0 Å². The van der Waals surface area contributed by atoms with Crippen molar-refractivity contribution in [2.24, 2.45) is 0 Å². The monoisotopic (exact) mass is 225 g/mol. The molecule has 0 heterocycles. The lowest BCUT2D eigenvalue weighted by Crippen LogP contribution is -2.33. The molecule has 0 aromatic carbocycles. The standard InChI is InChI=1S/C6H14N2O3.HNO3/c1-2-3-4-7(5-6-9)8(10)11;2-1(3)4/h9H,2-6H2,1H3;(H,2,3,4). The smallest absolute Gasteiger partial charge is 0.291 e. The van der Waals surface area contributed by atoms with Crippen molar-refractivity contribution in [1.29, 1.82) is 0 Å². The SMILES string of the molecule is CCCCN(CCO)[N+](=O)[O-].O=[N+]([O-])O. The minimum absolute atomic E-state index is 0.118. The molecule has 0 radical (unpaired) electrons. The second kappa shape index (κ2) is 10.4. The summed E-state index contributed by atoms with van der Waals surface area (Å²) in [5.74, 6) is 0. The van der Waals surface area contributed by atoms with Gasteiger partial charge in [-0.05, 0) is 6.42 Å². The molecule has 0 aliphatic heterocycles. The fourth-order valence-corrected chi connectivity index (χ4v) is 0.731. The van der Waals surface area contributed by atoms with Gasteiger partial charge in [-0.2, -0.15) is 0 Å². The summed E-state index contributed by atoms with van der Waals surface area (Å²) in [6.07, 6.45) is 1.72. The van der Waals surface area contributed by atoms with E-state index in [0.29, 0.717) is 6.54 Å². The Morgan fingerprint density at radius 3 is 2.00 bits per heavy atom. The molecule has 0 unspecified atom stereocenters. The number of hydrogen-bond donors (Lipinski definition) is 2. The van der Waals surface area contributed by atoms with Crippen LogP contribution in [-0.2, 0) is 0 Å². The first-order valence-electron chi connectivity index (χ1n) is 4.29. The van der Waals surface area contributed by atoms with Crippen LogP contribution in [0.3, 0.4) is 0 Å². The number of nitro groups is 1. The number of aliphatic hydroxyl groups is 1. The summed E-state index contributed by atoms with van der Waals surface area (Å²) in [5, 5.41) is 32.9. The van der Waals surface area contributed by atoms with Gasteiger partial charge in [0.15, 0.2) is 5.03 Å².